The number of carbonyl (C=O) groups is 2. The molecular weight excluding hydrogens is 617 g/mol. The number of carbonyl (C=O) groups excluding carboxylic acids is 2. The summed E-state index contributed by atoms with van der Waals surface area (Å²) in [4.78, 5) is 24.1. The number of ether oxygens (including phenoxy) is 5. The van der Waals surface area contributed by atoms with Crippen molar-refractivity contribution in [2.24, 2.45) is 0 Å². The second-order valence-electron chi connectivity index (χ2n) is 10.5. The SMILES string of the molecule is CC(=O)N[C@H]1[C@H]([C@@H](O)[C@H](O)CO)O[C@@](O[C@H]2[C@@H](O)[C@@H](CO)O[C@@H](OC3[C@@H](CO)O[C@](O)(CO)[C@H]3O)[C@@H]2O)(C(=O)[O-])C[C@@H]1O.[Na+]. The Morgan fingerprint density at radius 1 is 1.00 bits per heavy atom. The second-order valence-corrected chi connectivity index (χ2v) is 10.5. The van der Waals surface area contributed by atoms with Gasteiger partial charge in [-0.15, -0.1) is 0 Å². The zero-order valence-corrected chi connectivity index (χ0v) is 25.7. The molecule has 12 N–H and O–H groups in total. The smallest absolute Gasteiger partial charge is 0.544 e. The molecule has 3 saturated heterocycles. The van der Waals surface area contributed by atoms with E-state index in [1.54, 1.807) is 0 Å². The van der Waals surface area contributed by atoms with Crippen LogP contribution in [0.25, 0.3) is 0 Å². The van der Waals surface area contributed by atoms with Gasteiger partial charge in [0.25, 0.3) is 0 Å². The number of carboxylic acid groups (broad SMARTS) is 1. The molecule has 250 valence electrons. The minimum absolute atomic E-state index is 0. The number of rotatable bonds is 12. The molecule has 3 fully saturated rings. The number of nitrogens with one attached hydrogen (secondary N) is 1. The summed E-state index contributed by atoms with van der Waals surface area (Å²) in [5.41, 5.74) is 0. The summed E-state index contributed by atoms with van der Waals surface area (Å²) >= 11 is 0. The van der Waals surface area contributed by atoms with Crippen LogP contribution in [0.3, 0.4) is 0 Å². The molecule has 20 nitrogen and oxygen atoms in total. The van der Waals surface area contributed by atoms with Crippen molar-refractivity contribution in [2.45, 2.75) is 104 Å². The van der Waals surface area contributed by atoms with Crippen molar-refractivity contribution in [3.8, 4) is 0 Å². The number of hydrogen-bond donors (Lipinski definition) is 12. The topological polar surface area (TPSA) is 338 Å². The summed E-state index contributed by atoms with van der Waals surface area (Å²) in [6, 6.07) is -1.57. The number of aliphatic carboxylic acids is 1. The van der Waals surface area contributed by atoms with Gasteiger partial charge in [0.2, 0.25) is 17.5 Å². The van der Waals surface area contributed by atoms with Crippen molar-refractivity contribution >= 4 is 11.9 Å². The minimum atomic E-state index is -3.13. The number of hydrogen-bond acceptors (Lipinski definition) is 19. The van der Waals surface area contributed by atoms with E-state index in [2.05, 4.69) is 5.32 Å². The van der Waals surface area contributed by atoms with E-state index in [-0.39, 0.29) is 29.6 Å². The molecule has 3 aliphatic rings. The predicted octanol–water partition coefficient (Wildman–Crippen LogP) is -12.6. The molecule has 0 aliphatic carbocycles. The van der Waals surface area contributed by atoms with Crippen LogP contribution in [0, 0.1) is 0 Å². The summed E-state index contributed by atoms with van der Waals surface area (Å²) in [5.74, 6) is -8.72. The summed E-state index contributed by atoms with van der Waals surface area (Å²) < 4.78 is 26.7. The van der Waals surface area contributed by atoms with E-state index in [1.807, 2.05) is 0 Å². The third kappa shape index (κ3) is 7.87. The Hall–Kier alpha value is -0.700. The molecule has 0 saturated carbocycles. The quantitative estimate of drug-likeness (QED) is 0.0868. The van der Waals surface area contributed by atoms with E-state index in [1.165, 1.54) is 0 Å². The molecular formula is C23H38NNaO19. The van der Waals surface area contributed by atoms with Crippen molar-refractivity contribution in [1.82, 2.24) is 5.32 Å². The fraction of sp³-hybridized carbons (Fsp3) is 0.913. The van der Waals surface area contributed by atoms with Crippen LogP contribution < -0.4 is 40.0 Å². The molecule has 1 amide bonds. The third-order valence-electron chi connectivity index (χ3n) is 7.51. The fourth-order valence-electron chi connectivity index (χ4n) is 5.21. The van der Waals surface area contributed by atoms with E-state index in [0.29, 0.717) is 0 Å². The molecule has 3 heterocycles. The Bertz CT molecular complexity index is 966. The van der Waals surface area contributed by atoms with Crippen molar-refractivity contribution < 1.29 is 124 Å². The third-order valence-corrected chi connectivity index (χ3v) is 7.51. The maximum atomic E-state index is 12.4. The van der Waals surface area contributed by atoms with Gasteiger partial charge in [0, 0.05) is 13.3 Å². The zero-order chi connectivity index (χ0) is 32.4. The van der Waals surface area contributed by atoms with Crippen LogP contribution in [0.1, 0.15) is 13.3 Å². The van der Waals surface area contributed by atoms with Gasteiger partial charge >= 0.3 is 29.6 Å². The normalized spacial score (nSPS) is 44.0. The Balaban J connectivity index is 0.00000675. The minimum Gasteiger partial charge on any atom is -0.544 e. The van der Waals surface area contributed by atoms with Crippen LogP contribution in [-0.2, 0) is 33.3 Å². The maximum absolute atomic E-state index is 12.4. The van der Waals surface area contributed by atoms with Gasteiger partial charge in [0.1, 0.15) is 67.0 Å². The summed E-state index contributed by atoms with van der Waals surface area (Å²) in [7, 11) is 0. The van der Waals surface area contributed by atoms with Crippen molar-refractivity contribution in [1.29, 1.82) is 0 Å². The molecule has 0 spiro atoms. The monoisotopic (exact) mass is 655 g/mol. The molecule has 3 rings (SSSR count). The molecule has 44 heavy (non-hydrogen) atoms. The van der Waals surface area contributed by atoms with Gasteiger partial charge in [0.05, 0.1) is 38.6 Å². The van der Waals surface area contributed by atoms with E-state index >= 15 is 0 Å². The maximum Gasteiger partial charge on any atom is 1.00 e. The number of carboxylic acids is 1. The summed E-state index contributed by atoms with van der Waals surface area (Å²) in [6.07, 6.45) is -24.4. The second kappa shape index (κ2) is 15.9. The van der Waals surface area contributed by atoms with Gasteiger partial charge in [-0.25, -0.2) is 0 Å². The van der Waals surface area contributed by atoms with Gasteiger partial charge in [0.15, 0.2) is 6.29 Å². The van der Waals surface area contributed by atoms with Gasteiger partial charge in [-0.3, -0.25) is 4.79 Å². The molecule has 0 bridgehead atoms. The van der Waals surface area contributed by atoms with Gasteiger partial charge in [-0.2, -0.15) is 0 Å². The average Bonchev–Trinajstić information content (AvgIpc) is 3.21. The van der Waals surface area contributed by atoms with Crippen LogP contribution in [0.15, 0.2) is 0 Å². The van der Waals surface area contributed by atoms with Crippen molar-refractivity contribution in [2.75, 3.05) is 26.4 Å². The fourth-order valence-corrected chi connectivity index (χ4v) is 5.21. The first-order valence-electron chi connectivity index (χ1n) is 13.2. The summed E-state index contributed by atoms with van der Waals surface area (Å²) in [6.45, 7) is -3.05. The summed E-state index contributed by atoms with van der Waals surface area (Å²) in [5, 5.41) is 127. The first kappa shape index (κ1) is 39.5. The largest absolute Gasteiger partial charge is 1.00 e. The van der Waals surface area contributed by atoms with Crippen LogP contribution in [0.5, 0.6) is 0 Å². The van der Waals surface area contributed by atoms with E-state index in [0.717, 1.165) is 6.92 Å². The van der Waals surface area contributed by atoms with Crippen molar-refractivity contribution in [3.63, 3.8) is 0 Å². The number of amides is 1. The van der Waals surface area contributed by atoms with Gasteiger partial charge in [-0.1, -0.05) is 0 Å². The molecule has 3 aliphatic heterocycles. The first-order valence-corrected chi connectivity index (χ1v) is 13.2. The predicted molar refractivity (Wildman–Crippen MR) is 127 cm³/mol. The standard InChI is InChI=1S/C23H39NO19.Na/c1-7(29)24-12-8(30)2-23(21(36)37,42-17(12)13(32)9(31)3-25)43-18-14(33)10(4-26)39-20(15(18)34)40-16-11(5-27)41-22(38,6-28)19(16)35;/h8-20,25-28,30-35,38H,2-6H2,1H3,(H,24,29)(H,36,37);/q;+1/p-1/t8-,9+,10+,11+,12+,13-,14-,15+,16?,17+,18-,19-,20-,22+,23-;/m0./s1. The van der Waals surface area contributed by atoms with E-state index < -0.39 is 136 Å². The molecule has 0 aromatic heterocycles. The first-order chi connectivity index (χ1) is 20.1. The zero-order valence-electron chi connectivity index (χ0n) is 23.7. The Morgan fingerprint density at radius 2 is 1.61 bits per heavy atom. The molecule has 21 heteroatoms. The average molecular weight is 656 g/mol. The molecule has 1 unspecified atom stereocenters. The number of aliphatic hydroxyl groups excluding tert-OH is 10. The molecule has 15 atom stereocenters. The van der Waals surface area contributed by atoms with Crippen LogP contribution in [0.4, 0.5) is 0 Å². The molecule has 0 radical (unpaired) electrons. The van der Waals surface area contributed by atoms with Crippen LogP contribution in [0.2, 0.25) is 0 Å². The van der Waals surface area contributed by atoms with Crippen molar-refractivity contribution in [3.05, 3.63) is 0 Å². The van der Waals surface area contributed by atoms with Crippen LogP contribution in [-0.4, -0.2) is 186 Å². The molecule has 0 aromatic rings. The molecule has 0 aromatic carbocycles. The number of aliphatic hydroxyl groups is 11. The van der Waals surface area contributed by atoms with Gasteiger partial charge < -0.3 is 95.1 Å². The van der Waals surface area contributed by atoms with Gasteiger partial charge in [-0.05, 0) is 0 Å². The Kier molecular flexibility index (Phi) is 14.3. The Labute approximate surface area is 271 Å². The Morgan fingerprint density at radius 3 is 2.11 bits per heavy atom. The van der Waals surface area contributed by atoms with E-state index in [4.69, 9.17) is 23.7 Å². The van der Waals surface area contributed by atoms with E-state index in [9.17, 15) is 70.9 Å². The van der Waals surface area contributed by atoms with Crippen LogP contribution >= 0.6 is 0 Å².